The molecule has 6 nitrogen and oxygen atoms in total. The number of thioether (sulfide) groups is 1. The molecule has 1 atom stereocenters. The maximum absolute atomic E-state index is 12.7. The molecule has 27 heavy (non-hydrogen) atoms. The first-order valence-electron chi connectivity index (χ1n) is 7.82. The van der Waals surface area contributed by atoms with E-state index < -0.39 is 29.1 Å². The van der Waals surface area contributed by atoms with Crippen molar-refractivity contribution < 1.29 is 22.8 Å². The van der Waals surface area contributed by atoms with Crippen molar-refractivity contribution in [2.24, 2.45) is 0 Å². The smallest absolute Gasteiger partial charge is 0.307 e. The van der Waals surface area contributed by atoms with Crippen LogP contribution >= 0.6 is 11.8 Å². The Morgan fingerprint density at radius 3 is 2.52 bits per heavy atom. The van der Waals surface area contributed by atoms with E-state index in [0.29, 0.717) is 5.69 Å². The fourth-order valence-corrected chi connectivity index (χ4v) is 2.84. The monoisotopic (exact) mass is 398 g/mol. The molecule has 144 valence electrons. The Bertz CT molecular complexity index is 858. The first-order valence-corrected chi connectivity index (χ1v) is 8.70. The highest BCUT2D eigenvalue weighted by atomic mass is 32.2. The van der Waals surface area contributed by atoms with Crippen LogP contribution in [0.3, 0.4) is 0 Å². The summed E-state index contributed by atoms with van der Waals surface area (Å²) in [5.41, 5.74) is 1.31. The Kier molecular flexibility index (Phi) is 6.42. The number of halogens is 3. The zero-order valence-electron chi connectivity index (χ0n) is 14.7. The molecular formula is C17H17F3N4O2S. The van der Waals surface area contributed by atoms with Gasteiger partial charge in [-0.05, 0) is 38.5 Å². The SMILES string of the molecule is Cc1ccc(NC(=O)NC(=O)C(C)Sc2nccc(C(F)(F)F)n2)c(C)c1. The lowest BCUT2D eigenvalue weighted by Crippen LogP contribution is -2.39. The van der Waals surface area contributed by atoms with Gasteiger partial charge in [0.15, 0.2) is 5.16 Å². The lowest BCUT2D eigenvalue weighted by Gasteiger charge is -2.13. The number of urea groups is 1. The standard InChI is InChI=1S/C17H17F3N4O2S/c1-9-4-5-12(10(2)8-9)22-15(26)24-14(25)11(3)27-16-21-7-6-13(23-16)17(18,19)20/h4-8,11H,1-3H3,(H2,22,24,25,26). The van der Waals surface area contributed by atoms with Crippen molar-refractivity contribution in [3.63, 3.8) is 0 Å². The molecule has 1 aromatic carbocycles. The van der Waals surface area contributed by atoms with Gasteiger partial charge in [-0.15, -0.1) is 0 Å². The lowest BCUT2D eigenvalue weighted by atomic mass is 10.1. The van der Waals surface area contributed by atoms with Gasteiger partial charge in [0.2, 0.25) is 5.91 Å². The fraction of sp³-hybridized carbons (Fsp3) is 0.294. The van der Waals surface area contributed by atoms with Crippen LogP contribution in [0.15, 0.2) is 35.6 Å². The van der Waals surface area contributed by atoms with Gasteiger partial charge in [0.25, 0.3) is 0 Å². The molecule has 2 rings (SSSR count). The maximum Gasteiger partial charge on any atom is 0.433 e. The second-order valence-electron chi connectivity index (χ2n) is 5.74. The number of amides is 3. The second-order valence-corrected chi connectivity index (χ2v) is 7.05. The van der Waals surface area contributed by atoms with E-state index in [-0.39, 0.29) is 5.16 Å². The predicted octanol–water partition coefficient (Wildman–Crippen LogP) is 3.94. The maximum atomic E-state index is 12.7. The quantitative estimate of drug-likeness (QED) is 0.602. The minimum absolute atomic E-state index is 0.206. The van der Waals surface area contributed by atoms with Gasteiger partial charge in [-0.1, -0.05) is 29.5 Å². The van der Waals surface area contributed by atoms with Crippen LogP contribution in [0.1, 0.15) is 23.7 Å². The third-order valence-corrected chi connectivity index (χ3v) is 4.42. The van der Waals surface area contributed by atoms with Crippen LogP contribution in [0.2, 0.25) is 0 Å². The molecule has 2 aromatic rings. The Labute approximate surface area is 158 Å². The summed E-state index contributed by atoms with van der Waals surface area (Å²) in [5.74, 6) is -0.678. The van der Waals surface area contributed by atoms with E-state index in [0.717, 1.165) is 35.2 Å². The number of imide groups is 1. The Morgan fingerprint density at radius 1 is 1.19 bits per heavy atom. The summed E-state index contributed by atoms with van der Waals surface area (Å²) in [6, 6.07) is 5.41. The van der Waals surface area contributed by atoms with Crippen LogP contribution < -0.4 is 10.6 Å². The Balaban J connectivity index is 1.96. The van der Waals surface area contributed by atoms with E-state index in [9.17, 15) is 22.8 Å². The molecule has 1 aromatic heterocycles. The van der Waals surface area contributed by atoms with Gasteiger partial charge in [0.1, 0.15) is 5.69 Å². The van der Waals surface area contributed by atoms with Crippen LogP contribution in [0.25, 0.3) is 0 Å². The first-order chi connectivity index (χ1) is 12.6. The van der Waals surface area contributed by atoms with Crippen molar-refractivity contribution in [1.29, 1.82) is 0 Å². The van der Waals surface area contributed by atoms with E-state index in [1.807, 2.05) is 26.0 Å². The summed E-state index contributed by atoms with van der Waals surface area (Å²) < 4.78 is 38.0. The van der Waals surface area contributed by atoms with Crippen molar-refractivity contribution >= 4 is 29.4 Å². The number of benzene rings is 1. The van der Waals surface area contributed by atoms with Crippen LogP contribution in [0.5, 0.6) is 0 Å². The fourth-order valence-electron chi connectivity index (χ4n) is 2.09. The van der Waals surface area contributed by atoms with Gasteiger partial charge in [-0.3, -0.25) is 10.1 Å². The van der Waals surface area contributed by atoms with Crippen LogP contribution in [0.4, 0.5) is 23.7 Å². The third kappa shape index (κ3) is 5.95. The Hall–Kier alpha value is -2.62. The van der Waals surface area contributed by atoms with Gasteiger partial charge >= 0.3 is 12.2 Å². The minimum atomic E-state index is -4.60. The van der Waals surface area contributed by atoms with Crippen LogP contribution in [-0.4, -0.2) is 27.2 Å². The number of alkyl halides is 3. The zero-order chi connectivity index (χ0) is 20.2. The van der Waals surface area contributed by atoms with Gasteiger partial charge in [-0.25, -0.2) is 14.8 Å². The average Bonchev–Trinajstić information content (AvgIpc) is 2.57. The molecule has 0 radical (unpaired) electrons. The average molecular weight is 398 g/mol. The predicted molar refractivity (Wildman–Crippen MR) is 95.4 cm³/mol. The molecule has 0 saturated carbocycles. The summed E-state index contributed by atoms with van der Waals surface area (Å²) in [5, 5.41) is 3.62. The summed E-state index contributed by atoms with van der Waals surface area (Å²) in [4.78, 5) is 31.2. The summed E-state index contributed by atoms with van der Waals surface area (Å²) in [6.07, 6.45) is -3.63. The van der Waals surface area contributed by atoms with Crippen LogP contribution in [-0.2, 0) is 11.0 Å². The minimum Gasteiger partial charge on any atom is -0.307 e. The molecule has 10 heteroatoms. The largest absolute Gasteiger partial charge is 0.433 e. The molecule has 0 aliphatic heterocycles. The number of aryl methyl sites for hydroxylation is 2. The second kappa shape index (κ2) is 8.38. The molecular weight excluding hydrogens is 381 g/mol. The number of hydrogen-bond donors (Lipinski definition) is 2. The molecule has 0 fully saturated rings. The summed E-state index contributed by atoms with van der Waals surface area (Å²) in [6.45, 7) is 5.16. The first kappa shape index (κ1) is 20.7. The number of anilines is 1. The highest BCUT2D eigenvalue weighted by Crippen LogP contribution is 2.29. The highest BCUT2D eigenvalue weighted by molar-refractivity contribution is 8.00. The number of carbonyl (C=O) groups is 2. The molecule has 0 aliphatic carbocycles. The third-order valence-electron chi connectivity index (χ3n) is 3.44. The summed E-state index contributed by atoms with van der Waals surface area (Å²) >= 11 is 0.721. The normalized spacial score (nSPS) is 12.4. The number of aromatic nitrogens is 2. The van der Waals surface area contributed by atoms with E-state index in [1.54, 1.807) is 6.07 Å². The summed E-state index contributed by atoms with van der Waals surface area (Å²) in [7, 11) is 0. The van der Waals surface area contributed by atoms with Gasteiger partial charge in [-0.2, -0.15) is 13.2 Å². The van der Waals surface area contributed by atoms with E-state index in [2.05, 4.69) is 20.6 Å². The Morgan fingerprint density at radius 2 is 1.89 bits per heavy atom. The molecule has 0 saturated heterocycles. The van der Waals surface area contributed by atoms with E-state index in [1.165, 1.54) is 6.92 Å². The topological polar surface area (TPSA) is 84.0 Å². The van der Waals surface area contributed by atoms with Gasteiger partial charge in [0, 0.05) is 11.9 Å². The number of nitrogens with one attached hydrogen (secondary N) is 2. The lowest BCUT2D eigenvalue weighted by molar-refractivity contribution is -0.141. The van der Waals surface area contributed by atoms with Crippen LogP contribution in [0, 0.1) is 13.8 Å². The van der Waals surface area contributed by atoms with Crippen molar-refractivity contribution in [3.8, 4) is 0 Å². The molecule has 0 spiro atoms. The van der Waals surface area contributed by atoms with E-state index in [4.69, 9.17) is 0 Å². The van der Waals surface area contributed by atoms with Gasteiger partial charge in [0.05, 0.1) is 5.25 Å². The van der Waals surface area contributed by atoms with Crippen molar-refractivity contribution in [1.82, 2.24) is 15.3 Å². The molecule has 0 aliphatic rings. The number of nitrogens with zero attached hydrogens (tertiary/aromatic N) is 2. The molecule has 0 bridgehead atoms. The molecule has 1 heterocycles. The van der Waals surface area contributed by atoms with Gasteiger partial charge < -0.3 is 5.32 Å². The molecule has 2 N–H and O–H groups in total. The molecule has 3 amide bonds. The number of rotatable bonds is 4. The van der Waals surface area contributed by atoms with Crippen molar-refractivity contribution in [3.05, 3.63) is 47.3 Å². The number of hydrogen-bond acceptors (Lipinski definition) is 5. The van der Waals surface area contributed by atoms with Crippen molar-refractivity contribution in [2.45, 2.75) is 37.4 Å². The van der Waals surface area contributed by atoms with Crippen molar-refractivity contribution in [2.75, 3.05) is 5.32 Å². The van der Waals surface area contributed by atoms with E-state index >= 15 is 0 Å². The zero-order valence-corrected chi connectivity index (χ0v) is 15.5. The number of carbonyl (C=O) groups excluding carboxylic acids is 2. The highest BCUT2D eigenvalue weighted by Gasteiger charge is 2.33. The molecule has 1 unspecified atom stereocenters.